The van der Waals surface area contributed by atoms with E-state index in [0.29, 0.717) is 33.7 Å². The number of aromatic amines is 1. The van der Waals surface area contributed by atoms with Crippen molar-refractivity contribution in [1.82, 2.24) is 19.4 Å². The predicted molar refractivity (Wildman–Crippen MR) is 183 cm³/mol. The fraction of sp³-hybridized carbons (Fsp3) is 0.286. The number of anilines is 2. The van der Waals surface area contributed by atoms with Gasteiger partial charge in [-0.15, -0.1) is 0 Å². The number of carbonyl (C=O) groups excluding carboxylic acids is 2. The quantitative estimate of drug-likeness (QED) is 0.239. The van der Waals surface area contributed by atoms with Gasteiger partial charge in [-0.2, -0.15) is 0 Å². The van der Waals surface area contributed by atoms with E-state index in [1.54, 1.807) is 54.1 Å². The number of benzene rings is 2. The second kappa shape index (κ2) is 11.2. The summed E-state index contributed by atoms with van der Waals surface area (Å²) >= 11 is 6.99. The van der Waals surface area contributed by atoms with Crippen molar-refractivity contribution in [2.75, 3.05) is 23.3 Å². The Hall–Kier alpha value is -5.23. The number of aromatic nitrogens is 3. The summed E-state index contributed by atoms with van der Waals surface area (Å²) in [5, 5.41) is 3.07. The van der Waals surface area contributed by atoms with Crippen LogP contribution in [0.5, 0.6) is 0 Å². The topological polar surface area (TPSA) is 134 Å². The average Bonchev–Trinajstić information content (AvgIpc) is 3.42. The van der Waals surface area contributed by atoms with Gasteiger partial charge in [0.2, 0.25) is 11.8 Å². The number of halogens is 2. The summed E-state index contributed by atoms with van der Waals surface area (Å²) in [6.45, 7) is 13.0. The largest absolute Gasteiger partial charge is 0.417 e. The first-order valence-corrected chi connectivity index (χ1v) is 15.9. The number of carbonyl (C=O) groups is 2. The van der Waals surface area contributed by atoms with E-state index in [2.05, 4.69) is 21.9 Å². The summed E-state index contributed by atoms with van der Waals surface area (Å²) in [6.07, 6.45) is 2.83. The highest BCUT2D eigenvalue weighted by Gasteiger charge is 2.44. The lowest BCUT2D eigenvalue weighted by atomic mass is 9.94. The molecular formula is C35H32ClFN6O5. The van der Waals surface area contributed by atoms with Gasteiger partial charge in [-0.1, -0.05) is 38.1 Å². The highest BCUT2D eigenvalue weighted by Crippen LogP contribution is 2.46. The van der Waals surface area contributed by atoms with Gasteiger partial charge in [0.15, 0.2) is 11.4 Å². The minimum atomic E-state index is -0.867. The fourth-order valence-electron chi connectivity index (χ4n) is 7.10. The number of hydrogen-bond donors (Lipinski definition) is 2. The van der Waals surface area contributed by atoms with Gasteiger partial charge in [0, 0.05) is 35.3 Å². The van der Waals surface area contributed by atoms with E-state index in [0.717, 1.165) is 0 Å². The molecule has 2 atom stereocenters. The maximum absolute atomic E-state index is 17.7. The molecule has 13 heteroatoms. The van der Waals surface area contributed by atoms with Crippen LogP contribution in [0.1, 0.15) is 43.5 Å². The molecule has 1 fully saturated rings. The van der Waals surface area contributed by atoms with Gasteiger partial charge < -0.3 is 19.5 Å². The maximum atomic E-state index is 17.7. The molecule has 0 aliphatic carbocycles. The number of oxazole rings is 1. The minimum Gasteiger partial charge on any atom is -0.407 e. The smallest absolute Gasteiger partial charge is 0.407 e. The van der Waals surface area contributed by atoms with Crippen LogP contribution in [-0.2, 0) is 9.59 Å². The Kier molecular flexibility index (Phi) is 7.31. The van der Waals surface area contributed by atoms with Crippen molar-refractivity contribution < 1.29 is 18.4 Å². The third-order valence-corrected chi connectivity index (χ3v) is 9.63. The fourth-order valence-corrected chi connectivity index (χ4v) is 7.38. The zero-order valence-electron chi connectivity index (χ0n) is 26.9. The summed E-state index contributed by atoms with van der Waals surface area (Å²) in [5.74, 6) is -2.49. The van der Waals surface area contributed by atoms with Crippen LogP contribution in [0.3, 0.4) is 0 Å². The van der Waals surface area contributed by atoms with Crippen molar-refractivity contribution in [3.05, 3.63) is 91.7 Å². The van der Waals surface area contributed by atoms with Crippen molar-refractivity contribution in [3.63, 3.8) is 0 Å². The molecule has 0 saturated carbocycles. The summed E-state index contributed by atoms with van der Waals surface area (Å²) < 4.78 is 24.5. The molecule has 3 aromatic heterocycles. The second-order valence-electron chi connectivity index (χ2n) is 12.7. The summed E-state index contributed by atoms with van der Waals surface area (Å²) in [5.41, 5.74) is 2.39. The molecule has 2 N–H and O–H groups in total. The molecule has 2 unspecified atom stereocenters. The SMILES string of the molecule is C=CC(=O)N1CC2C(=O)Nc3c(c4cc(Cl)c(-c5c(C)ccc6[nH]c(=O)oc56)c(F)c4n(-c4c(C)ccnc4C(C)C)c3=O)N2CC1C. The van der Waals surface area contributed by atoms with E-state index in [9.17, 15) is 19.2 Å². The molecule has 0 spiro atoms. The van der Waals surface area contributed by atoms with E-state index >= 15 is 4.39 Å². The van der Waals surface area contributed by atoms with Gasteiger partial charge in [0.25, 0.3) is 5.56 Å². The second-order valence-corrected chi connectivity index (χ2v) is 13.1. The lowest BCUT2D eigenvalue weighted by Gasteiger charge is -2.48. The summed E-state index contributed by atoms with van der Waals surface area (Å²) in [4.78, 5) is 63.9. The number of fused-ring (bicyclic) bond motifs is 6. The van der Waals surface area contributed by atoms with Crippen LogP contribution in [0.15, 0.2) is 57.1 Å². The van der Waals surface area contributed by atoms with E-state index in [-0.39, 0.29) is 69.3 Å². The number of nitrogens with zero attached hydrogens (tertiary/aromatic N) is 4. The van der Waals surface area contributed by atoms with E-state index < -0.39 is 29.1 Å². The standard InChI is InChI=1S/C35H32ClFN6O5/c1-7-23(44)41-14-22-33(45)40-28-31(42(22)13-18(41)6)19-12-20(36)25(24-16(4)8-9-21-32(24)48-35(47)39-21)26(37)30(19)43(34(28)46)29-17(5)10-11-38-27(29)15(2)3/h7-12,15,18,22H,1,13-14H2,2-6H3,(H,39,47)(H,40,45). The Morgan fingerprint density at radius 1 is 1.12 bits per heavy atom. The first kappa shape index (κ1) is 31.4. The predicted octanol–water partition coefficient (Wildman–Crippen LogP) is 5.56. The molecular weight excluding hydrogens is 639 g/mol. The Balaban J connectivity index is 1.64. The van der Waals surface area contributed by atoms with Gasteiger partial charge >= 0.3 is 5.76 Å². The van der Waals surface area contributed by atoms with Crippen LogP contribution in [0.4, 0.5) is 15.8 Å². The van der Waals surface area contributed by atoms with E-state index in [4.69, 9.17) is 16.0 Å². The minimum absolute atomic E-state index is 0.000749. The van der Waals surface area contributed by atoms with Gasteiger partial charge in [0.1, 0.15) is 11.7 Å². The van der Waals surface area contributed by atoms with Crippen LogP contribution < -0.4 is 21.5 Å². The average molecular weight is 671 g/mol. The lowest BCUT2D eigenvalue weighted by molar-refractivity contribution is -0.130. The molecule has 2 aromatic carbocycles. The zero-order chi connectivity index (χ0) is 34.3. The van der Waals surface area contributed by atoms with Crippen molar-refractivity contribution in [3.8, 4) is 16.8 Å². The van der Waals surface area contributed by atoms with Crippen molar-refractivity contribution in [2.45, 2.75) is 52.6 Å². The molecule has 5 aromatic rings. The molecule has 2 aliphatic heterocycles. The Bertz CT molecular complexity index is 2360. The molecule has 5 heterocycles. The molecule has 0 bridgehead atoms. The summed E-state index contributed by atoms with van der Waals surface area (Å²) in [6, 6.07) is 5.46. The number of aryl methyl sites for hydroxylation is 2. The number of H-pyrrole nitrogens is 1. The molecule has 246 valence electrons. The Morgan fingerprint density at radius 2 is 1.88 bits per heavy atom. The maximum Gasteiger partial charge on any atom is 0.417 e. The monoisotopic (exact) mass is 670 g/mol. The lowest BCUT2D eigenvalue weighted by Crippen LogP contribution is -2.64. The molecule has 2 aliphatic rings. The molecule has 1 saturated heterocycles. The third kappa shape index (κ3) is 4.50. The van der Waals surface area contributed by atoms with Crippen LogP contribution in [0.2, 0.25) is 5.02 Å². The van der Waals surface area contributed by atoms with Gasteiger partial charge in [0.05, 0.1) is 39.7 Å². The van der Waals surface area contributed by atoms with Crippen molar-refractivity contribution in [2.24, 2.45) is 0 Å². The number of hydrogen-bond acceptors (Lipinski definition) is 7. The highest BCUT2D eigenvalue weighted by atomic mass is 35.5. The number of piperazine rings is 1. The molecule has 7 rings (SSSR count). The van der Waals surface area contributed by atoms with Crippen LogP contribution >= 0.6 is 11.6 Å². The van der Waals surface area contributed by atoms with Crippen LogP contribution in [0.25, 0.3) is 38.8 Å². The first-order chi connectivity index (χ1) is 22.8. The number of rotatable bonds is 4. The highest BCUT2D eigenvalue weighted by molar-refractivity contribution is 6.35. The van der Waals surface area contributed by atoms with E-state index in [1.165, 1.54) is 10.6 Å². The third-order valence-electron chi connectivity index (χ3n) is 9.33. The number of pyridine rings is 2. The van der Waals surface area contributed by atoms with Crippen LogP contribution in [0, 0.1) is 19.7 Å². The number of nitrogens with one attached hydrogen (secondary N) is 2. The normalized spacial score (nSPS) is 17.5. The number of amides is 2. The molecule has 11 nitrogen and oxygen atoms in total. The Labute approximate surface area is 278 Å². The van der Waals surface area contributed by atoms with Crippen LogP contribution in [-0.4, -0.2) is 56.4 Å². The molecule has 2 amide bonds. The van der Waals surface area contributed by atoms with Gasteiger partial charge in [-0.05, 0) is 62.1 Å². The zero-order valence-corrected chi connectivity index (χ0v) is 27.7. The Morgan fingerprint density at radius 3 is 2.58 bits per heavy atom. The van der Waals surface area contributed by atoms with Gasteiger partial charge in [-0.3, -0.25) is 28.9 Å². The molecule has 48 heavy (non-hydrogen) atoms. The van der Waals surface area contributed by atoms with Gasteiger partial charge in [-0.25, -0.2) is 9.18 Å². The first-order valence-electron chi connectivity index (χ1n) is 15.5. The molecule has 0 radical (unpaired) electrons. The van der Waals surface area contributed by atoms with Crippen molar-refractivity contribution >= 4 is 56.8 Å². The van der Waals surface area contributed by atoms with Crippen molar-refractivity contribution in [1.29, 1.82) is 0 Å². The van der Waals surface area contributed by atoms with E-state index in [1.807, 2.05) is 20.8 Å². The summed E-state index contributed by atoms with van der Waals surface area (Å²) in [7, 11) is 0.